The lowest BCUT2D eigenvalue weighted by atomic mass is 9.96. The minimum absolute atomic E-state index is 0.484. The highest BCUT2D eigenvalue weighted by molar-refractivity contribution is 5.17. The van der Waals surface area contributed by atoms with E-state index in [-0.39, 0.29) is 0 Å². The summed E-state index contributed by atoms with van der Waals surface area (Å²) in [7, 11) is 0. The monoisotopic (exact) mass is 224 g/mol. The van der Waals surface area contributed by atoms with E-state index < -0.39 is 0 Å². The molecule has 2 N–H and O–H groups in total. The van der Waals surface area contributed by atoms with E-state index in [4.69, 9.17) is 0 Å². The summed E-state index contributed by atoms with van der Waals surface area (Å²) in [6.07, 6.45) is 4.13. The van der Waals surface area contributed by atoms with Crippen molar-refractivity contribution in [3.05, 3.63) is 0 Å². The molecule has 0 aromatic heterocycles. The quantitative estimate of drug-likeness (QED) is 0.766. The number of rotatable bonds is 4. The molecule has 0 aromatic rings. The van der Waals surface area contributed by atoms with Crippen LogP contribution in [0.25, 0.3) is 0 Å². The maximum absolute atomic E-state index is 3.76. The summed E-state index contributed by atoms with van der Waals surface area (Å²) in [4.78, 5) is 0. The first-order valence-corrected chi connectivity index (χ1v) is 6.90. The zero-order chi connectivity index (χ0) is 11.8. The van der Waals surface area contributed by atoms with Crippen molar-refractivity contribution in [1.29, 1.82) is 0 Å². The van der Waals surface area contributed by atoms with Gasteiger partial charge in [-0.3, -0.25) is 0 Å². The van der Waals surface area contributed by atoms with Gasteiger partial charge in [-0.2, -0.15) is 0 Å². The van der Waals surface area contributed by atoms with Gasteiger partial charge in [0.25, 0.3) is 0 Å². The Hall–Kier alpha value is -0.0800. The van der Waals surface area contributed by atoms with Gasteiger partial charge in [0, 0.05) is 6.04 Å². The van der Waals surface area contributed by atoms with Gasteiger partial charge >= 0.3 is 0 Å². The van der Waals surface area contributed by atoms with Gasteiger partial charge in [-0.25, -0.2) is 0 Å². The lowest BCUT2D eigenvalue weighted by molar-refractivity contribution is 0.348. The molecular weight excluding hydrogens is 196 g/mol. The largest absolute Gasteiger partial charge is 0.316 e. The molecule has 2 fully saturated rings. The third-order valence-corrected chi connectivity index (χ3v) is 5.32. The van der Waals surface area contributed by atoms with Crippen molar-refractivity contribution in [2.45, 2.75) is 53.0 Å². The summed E-state index contributed by atoms with van der Waals surface area (Å²) < 4.78 is 0. The lowest BCUT2D eigenvalue weighted by Crippen LogP contribution is -2.33. The van der Waals surface area contributed by atoms with Gasteiger partial charge in [-0.05, 0) is 55.6 Å². The molecule has 2 aliphatic rings. The second-order valence-electron chi connectivity index (χ2n) is 6.83. The van der Waals surface area contributed by atoms with Crippen molar-refractivity contribution in [3.63, 3.8) is 0 Å². The molecule has 1 aliphatic heterocycles. The first kappa shape index (κ1) is 12.4. The summed E-state index contributed by atoms with van der Waals surface area (Å²) in [6.45, 7) is 13.2. The van der Waals surface area contributed by atoms with Crippen LogP contribution in [0.15, 0.2) is 0 Å². The second-order valence-corrected chi connectivity index (χ2v) is 6.83. The molecule has 16 heavy (non-hydrogen) atoms. The van der Waals surface area contributed by atoms with E-state index in [1.165, 1.54) is 38.9 Å². The van der Waals surface area contributed by atoms with Crippen molar-refractivity contribution < 1.29 is 0 Å². The van der Waals surface area contributed by atoms with Crippen LogP contribution in [0.4, 0.5) is 0 Å². The number of nitrogens with one attached hydrogen (secondary N) is 2. The van der Waals surface area contributed by atoms with E-state index in [1.54, 1.807) is 0 Å². The lowest BCUT2D eigenvalue weighted by Gasteiger charge is -2.22. The standard InChI is InChI=1S/C14H28N2/c1-13(2)12(14(13,3)4)16-9-7-11-6-5-8-15-10-11/h11-12,15-16H,5-10H2,1-4H3. The van der Waals surface area contributed by atoms with Crippen LogP contribution in [0, 0.1) is 16.7 Å². The molecule has 1 saturated carbocycles. The van der Waals surface area contributed by atoms with Gasteiger partial charge in [-0.1, -0.05) is 27.7 Å². The van der Waals surface area contributed by atoms with Gasteiger partial charge in [-0.15, -0.1) is 0 Å². The molecule has 2 nitrogen and oxygen atoms in total. The molecule has 94 valence electrons. The van der Waals surface area contributed by atoms with Gasteiger partial charge in [0.05, 0.1) is 0 Å². The van der Waals surface area contributed by atoms with E-state index in [1.807, 2.05) is 0 Å². The van der Waals surface area contributed by atoms with E-state index >= 15 is 0 Å². The summed E-state index contributed by atoms with van der Waals surface area (Å²) in [5.41, 5.74) is 0.968. The van der Waals surface area contributed by atoms with E-state index in [0.717, 1.165) is 12.0 Å². The Morgan fingerprint density at radius 1 is 1.19 bits per heavy atom. The topological polar surface area (TPSA) is 24.1 Å². The molecule has 1 saturated heterocycles. The Balaban J connectivity index is 1.66. The molecule has 0 bridgehead atoms. The predicted molar refractivity (Wildman–Crippen MR) is 69.6 cm³/mol. The molecule has 0 aromatic carbocycles. The van der Waals surface area contributed by atoms with Crippen LogP contribution in [0.3, 0.4) is 0 Å². The first-order valence-electron chi connectivity index (χ1n) is 6.90. The minimum atomic E-state index is 0.484. The van der Waals surface area contributed by atoms with Crippen molar-refractivity contribution in [2.75, 3.05) is 19.6 Å². The molecule has 0 radical (unpaired) electrons. The Bertz CT molecular complexity index is 225. The average Bonchev–Trinajstić information content (AvgIpc) is 2.62. The average molecular weight is 224 g/mol. The van der Waals surface area contributed by atoms with Crippen LogP contribution in [-0.4, -0.2) is 25.7 Å². The summed E-state index contributed by atoms with van der Waals surface area (Å²) in [6, 6.07) is 0.719. The van der Waals surface area contributed by atoms with Gasteiger partial charge < -0.3 is 10.6 Å². The smallest absolute Gasteiger partial charge is 0.0181 e. The van der Waals surface area contributed by atoms with Crippen molar-refractivity contribution >= 4 is 0 Å². The molecule has 1 aliphatic carbocycles. The van der Waals surface area contributed by atoms with Crippen LogP contribution in [0.5, 0.6) is 0 Å². The van der Waals surface area contributed by atoms with Crippen LogP contribution >= 0.6 is 0 Å². The van der Waals surface area contributed by atoms with Gasteiger partial charge in [0.15, 0.2) is 0 Å². The molecule has 2 heteroatoms. The highest BCUT2D eigenvalue weighted by Gasteiger charge is 2.64. The fourth-order valence-electron chi connectivity index (χ4n) is 3.31. The van der Waals surface area contributed by atoms with E-state index in [9.17, 15) is 0 Å². The van der Waals surface area contributed by atoms with Crippen LogP contribution < -0.4 is 10.6 Å². The summed E-state index contributed by atoms with van der Waals surface area (Å²) in [5, 5.41) is 7.25. The Labute approximate surface area is 101 Å². The van der Waals surface area contributed by atoms with Crippen molar-refractivity contribution in [1.82, 2.24) is 10.6 Å². The Kier molecular flexibility index (Phi) is 3.33. The highest BCUT2D eigenvalue weighted by Crippen LogP contribution is 2.62. The molecule has 1 unspecified atom stereocenters. The number of piperidine rings is 1. The molecule has 0 spiro atoms. The second kappa shape index (κ2) is 4.30. The fraction of sp³-hybridized carbons (Fsp3) is 1.00. The third kappa shape index (κ3) is 2.14. The van der Waals surface area contributed by atoms with Crippen molar-refractivity contribution in [2.24, 2.45) is 16.7 Å². The normalized spacial score (nSPS) is 32.6. The fourth-order valence-corrected chi connectivity index (χ4v) is 3.31. The zero-order valence-corrected chi connectivity index (χ0v) is 11.4. The maximum Gasteiger partial charge on any atom is 0.0181 e. The van der Waals surface area contributed by atoms with E-state index in [0.29, 0.717) is 10.8 Å². The van der Waals surface area contributed by atoms with E-state index in [2.05, 4.69) is 38.3 Å². The maximum atomic E-state index is 3.76. The number of hydrogen-bond acceptors (Lipinski definition) is 2. The van der Waals surface area contributed by atoms with Crippen LogP contribution in [0.1, 0.15) is 47.0 Å². The predicted octanol–water partition coefficient (Wildman–Crippen LogP) is 2.40. The molecule has 1 atom stereocenters. The summed E-state index contributed by atoms with van der Waals surface area (Å²) >= 11 is 0. The minimum Gasteiger partial charge on any atom is -0.316 e. The number of hydrogen-bond donors (Lipinski definition) is 2. The molecule has 0 amide bonds. The highest BCUT2D eigenvalue weighted by atomic mass is 15.0. The van der Waals surface area contributed by atoms with Gasteiger partial charge in [0.2, 0.25) is 0 Å². The molecule has 2 rings (SSSR count). The zero-order valence-electron chi connectivity index (χ0n) is 11.4. The summed E-state index contributed by atoms with van der Waals surface area (Å²) in [5.74, 6) is 0.909. The molecule has 1 heterocycles. The Morgan fingerprint density at radius 2 is 1.88 bits per heavy atom. The SMILES string of the molecule is CC1(C)C(NCCC2CCCNC2)C1(C)C. The first-order chi connectivity index (χ1) is 7.46. The van der Waals surface area contributed by atoms with Crippen LogP contribution in [0.2, 0.25) is 0 Å². The van der Waals surface area contributed by atoms with Crippen LogP contribution in [-0.2, 0) is 0 Å². The van der Waals surface area contributed by atoms with Crippen molar-refractivity contribution in [3.8, 4) is 0 Å². The van der Waals surface area contributed by atoms with Gasteiger partial charge in [0.1, 0.15) is 0 Å². The third-order valence-electron chi connectivity index (χ3n) is 5.32. The molecular formula is C14H28N2. The Morgan fingerprint density at radius 3 is 2.38 bits per heavy atom.